The minimum absolute atomic E-state index is 0.977. The van der Waals surface area contributed by atoms with E-state index in [4.69, 9.17) is 0 Å². The van der Waals surface area contributed by atoms with Crippen molar-refractivity contribution in [2.24, 2.45) is 0 Å². The molecular weight excluding hydrogens is 272 g/mol. The molecule has 0 saturated carbocycles. The fourth-order valence-corrected chi connectivity index (χ4v) is 3.90. The van der Waals surface area contributed by atoms with Crippen molar-refractivity contribution in [3.63, 3.8) is 0 Å². The lowest BCUT2D eigenvalue weighted by Crippen LogP contribution is -2.20. The van der Waals surface area contributed by atoms with Gasteiger partial charge < -0.3 is 10.2 Å². The molecule has 0 aliphatic carbocycles. The summed E-state index contributed by atoms with van der Waals surface area (Å²) in [6.07, 6.45) is 1.15. The van der Waals surface area contributed by atoms with Gasteiger partial charge >= 0.3 is 0 Å². The molecule has 0 unspecified atom stereocenters. The summed E-state index contributed by atoms with van der Waals surface area (Å²) >= 11 is 3.76. The quantitative estimate of drug-likeness (QED) is 0.840. The molecule has 2 nitrogen and oxygen atoms in total. The average Bonchev–Trinajstić information content (AvgIpc) is 2.98. The highest BCUT2D eigenvalue weighted by molar-refractivity contribution is 7.12. The molecule has 0 bridgehead atoms. The maximum atomic E-state index is 3.22. The summed E-state index contributed by atoms with van der Waals surface area (Å²) in [5.41, 5.74) is 1.48. The van der Waals surface area contributed by atoms with E-state index >= 15 is 0 Å². The summed E-state index contributed by atoms with van der Waals surface area (Å²) in [5, 5.41) is 5.37. The van der Waals surface area contributed by atoms with Crippen molar-refractivity contribution in [1.29, 1.82) is 0 Å². The Labute approximate surface area is 124 Å². The van der Waals surface area contributed by atoms with Crippen LogP contribution < -0.4 is 5.32 Å². The molecule has 0 atom stereocenters. The van der Waals surface area contributed by atoms with E-state index in [0.717, 1.165) is 26.1 Å². The molecular formula is C15H22N2S2. The third-order valence-electron chi connectivity index (χ3n) is 3.18. The van der Waals surface area contributed by atoms with E-state index in [9.17, 15) is 0 Å². The summed E-state index contributed by atoms with van der Waals surface area (Å²) in [6, 6.07) is 6.70. The third kappa shape index (κ3) is 4.42. The molecule has 2 aromatic heterocycles. The van der Waals surface area contributed by atoms with Crippen LogP contribution in [-0.4, -0.2) is 25.5 Å². The SMILES string of the molecule is CNCc1cc(CN(C)CCc2cccs2)c(C)s1. The van der Waals surface area contributed by atoms with Crippen LogP contribution in [0.5, 0.6) is 0 Å². The topological polar surface area (TPSA) is 15.3 Å². The van der Waals surface area contributed by atoms with Gasteiger partial charge in [-0.05, 0) is 50.5 Å². The van der Waals surface area contributed by atoms with Gasteiger partial charge in [0, 0.05) is 34.3 Å². The summed E-state index contributed by atoms with van der Waals surface area (Å²) in [5.74, 6) is 0. The standard InChI is InChI=1S/C15H22N2S2/c1-12-13(9-15(19-12)10-16-2)11-17(3)7-6-14-5-4-8-18-14/h4-5,8-9,16H,6-7,10-11H2,1-3H3. The van der Waals surface area contributed by atoms with Gasteiger partial charge in [0.1, 0.15) is 0 Å². The van der Waals surface area contributed by atoms with E-state index in [1.165, 1.54) is 20.2 Å². The van der Waals surface area contributed by atoms with Crippen molar-refractivity contribution in [3.05, 3.63) is 43.8 Å². The molecule has 19 heavy (non-hydrogen) atoms. The second-order valence-corrected chi connectivity index (χ2v) is 7.26. The molecule has 0 spiro atoms. The number of thiophene rings is 2. The lowest BCUT2D eigenvalue weighted by molar-refractivity contribution is 0.332. The number of rotatable bonds is 7. The average molecular weight is 294 g/mol. The van der Waals surface area contributed by atoms with E-state index < -0.39 is 0 Å². The number of hydrogen-bond donors (Lipinski definition) is 1. The van der Waals surface area contributed by atoms with Crippen molar-refractivity contribution < 1.29 is 0 Å². The van der Waals surface area contributed by atoms with Gasteiger partial charge in [0.2, 0.25) is 0 Å². The van der Waals surface area contributed by atoms with Gasteiger partial charge in [-0.1, -0.05) is 6.07 Å². The molecule has 104 valence electrons. The molecule has 2 heterocycles. The molecule has 0 aliphatic heterocycles. The number of likely N-dealkylation sites (N-methyl/N-ethyl adjacent to an activating group) is 1. The van der Waals surface area contributed by atoms with E-state index in [2.05, 4.69) is 47.8 Å². The Balaban J connectivity index is 1.85. The van der Waals surface area contributed by atoms with E-state index in [1.807, 2.05) is 29.7 Å². The third-order valence-corrected chi connectivity index (χ3v) is 5.21. The van der Waals surface area contributed by atoms with Gasteiger partial charge in [0.25, 0.3) is 0 Å². The zero-order valence-corrected chi connectivity index (χ0v) is 13.5. The first-order valence-electron chi connectivity index (χ1n) is 6.62. The zero-order valence-electron chi connectivity index (χ0n) is 11.9. The normalized spacial score (nSPS) is 11.4. The van der Waals surface area contributed by atoms with Crippen molar-refractivity contribution >= 4 is 22.7 Å². The molecule has 0 amide bonds. The van der Waals surface area contributed by atoms with Gasteiger partial charge in [-0.3, -0.25) is 0 Å². The Kier molecular flexibility index (Phi) is 5.58. The first-order valence-corrected chi connectivity index (χ1v) is 8.32. The molecule has 0 aromatic carbocycles. The van der Waals surface area contributed by atoms with Crippen LogP contribution in [0.3, 0.4) is 0 Å². The Hall–Kier alpha value is -0.680. The summed E-state index contributed by atoms with van der Waals surface area (Å²) in [7, 11) is 4.21. The predicted octanol–water partition coefficient (Wildman–Crippen LogP) is 3.51. The van der Waals surface area contributed by atoms with E-state index in [0.29, 0.717) is 0 Å². The van der Waals surface area contributed by atoms with Crippen LogP contribution in [0.25, 0.3) is 0 Å². The maximum Gasteiger partial charge on any atom is 0.0296 e. The van der Waals surface area contributed by atoms with Crippen LogP contribution in [0.2, 0.25) is 0 Å². The van der Waals surface area contributed by atoms with Crippen molar-refractivity contribution in [1.82, 2.24) is 10.2 Å². The molecule has 0 saturated heterocycles. The molecule has 1 N–H and O–H groups in total. The number of nitrogens with one attached hydrogen (secondary N) is 1. The van der Waals surface area contributed by atoms with Crippen LogP contribution in [0, 0.1) is 6.92 Å². The highest BCUT2D eigenvalue weighted by Gasteiger charge is 2.08. The van der Waals surface area contributed by atoms with Crippen molar-refractivity contribution in [2.45, 2.75) is 26.4 Å². The summed E-state index contributed by atoms with van der Waals surface area (Å²) in [6.45, 7) is 5.38. The Morgan fingerprint density at radius 3 is 2.84 bits per heavy atom. The first-order chi connectivity index (χ1) is 9.19. The van der Waals surface area contributed by atoms with Gasteiger partial charge in [0.05, 0.1) is 0 Å². The molecule has 4 heteroatoms. The first kappa shape index (κ1) is 14.7. The summed E-state index contributed by atoms with van der Waals surface area (Å²) < 4.78 is 0. The Morgan fingerprint density at radius 1 is 1.32 bits per heavy atom. The predicted molar refractivity (Wildman–Crippen MR) is 86.2 cm³/mol. The van der Waals surface area contributed by atoms with Gasteiger partial charge in [-0.25, -0.2) is 0 Å². The Morgan fingerprint density at radius 2 is 2.16 bits per heavy atom. The van der Waals surface area contributed by atoms with E-state index in [1.54, 1.807) is 0 Å². The van der Waals surface area contributed by atoms with Gasteiger partial charge in [-0.15, -0.1) is 22.7 Å². The highest BCUT2D eigenvalue weighted by Crippen LogP contribution is 2.22. The van der Waals surface area contributed by atoms with E-state index in [-0.39, 0.29) is 0 Å². The minimum Gasteiger partial charge on any atom is -0.315 e. The fourth-order valence-electron chi connectivity index (χ4n) is 2.13. The highest BCUT2D eigenvalue weighted by atomic mass is 32.1. The van der Waals surface area contributed by atoms with Crippen LogP contribution in [-0.2, 0) is 19.5 Å². The van der Waals surface area contributed by atoms with Crippen molar-refractivity contribution in [3.8, 4) is 0 Å². The summed E-state index contributed by atoms with van der Waals surface area (Å²) in [4.78, 5) is 6.78. The lowest BCUT2D eigenvalue weighted by Gasteiger charge is -2.15. The number of nitrogens with zero attached hydrogens (tertiary/aromatic N) is 1. The van der Waals surface area contributed by atoms with Crippen LogP contribution in [0.15, 0.2) is 23.6 Å². The number of aryl methyl sites for hydroxylation is 1. The van der Waals surface area contributed by atoms with Gasteiger partial charge in [0.15, 0.2) is 0 Å². The molecule has 0 aliphatic rings. The molecule has 0 fully saturated rings. The molecule has 2 rings (SSSR count). The van der Waals surface area contributed by atoms with Crippen LogP contribution in [0.4, 0.5) is 0 Å². The maximum absolute atomic E-state index is 3.22. The molecule has 0 radical (unpaired) electrons. The largest absolute Gasteiger partial charge is 0.315 e. The zero-order chi connectivity index (χ0) is 13.7. The number of hydrogen-bond acceptors (Lipinski definition) is 4. The second kappa shape index (κ2) is 7.20. The monoisotopic (exact) mass is 294 g/mol. The fraction of sp³-hybridized carbons (Fsp3) is 0.467. The lowest BCUT2D eigenvalue weighted by atomic mass is 10.2. The minimum atomic E-state index is 0.977. The second-order valence-electron chi connectivity index (χ2n) is 4.89. The van der Waals surface area contributed by atoms with Crippen molar-refractivity contribution in [2.75, 3.05) is 20.6 Å². The van der Waals surface area contributed by atoms with Crippen LogP contribution in [0.1, 0.15) is 20.2 Å². The van der Waals surface area contributed by atoms with Crippen LogP contribution >= 0.6 is 22.7 Å². The smallest absolute Gasteiger partial charge is 0.0296 e. The van der Waals surface area contributed by atoms with Gasteiger partial charge in [-0.2, -0.15) is 0 Å². The Bertz CT molecular complexity index is 488. The molecule has 2 aromatic rings.